The molecule has 0 aliphatic carbocycles. The highest BCUT2D eigenvalue weighted by Gasteiger charge is 2.24. The summed E-state index contributed by atoms with van der Waals surface area (Å²) in [5, 5.41) is 2.04. The van der Waals surface area contributed by atoms with Crippen LogP contribution in [0.1, 0.15) is 6.92 Å². The first-order valence-electron chi connectivity index (χ1n) is 8.35. The van der Waals surface area contributed by atoms with E-state index in [-0.39, 0.29) is 6.09 Å². The lowest BCUT2D eigenvalue weighted by atomic mass is 10.1. The molecule has 1 saturated heterocycles. The lowest BCUT2D eigenvalue weighted by Gasteiger charge is -2.35. The van der Waals surface area contributed by atoms with Crippen molar-refractivity contribution in [2.45, 2.75) is 6.92 Å². The van der Waals surface area contributed by atoms with Crippen LogP contribution < -0.4 is 14.4 Å². The number of hydrogen-bond acceptors (Lipinski definition) is 6. The van der Waals surface area contributed by atoms with Crippen LogP contribution in [0.4, 0.5) is 10.6 Å². The molecule has 0 N–H and O–H groups in total. The molecule has 0 saturated carbocycles. The van der Waals surface area contributed by atoms with Crippen molar-refractivity contribution in [3.63, 3.8) is 0 Å². The van der Waals surface area contributed by atoms with E-state index in [1.54, 1.807) is 25.3 Å². The molecule has 0 unspecified atom stereocenters. The van der Waals surface area contributed by atoms with Gasteiger partial charge in [0.25, 0.3) is 0 Å². The van der Waals surface area contributed by atoms with E-state index in [1.807, 2.05) is 25.1 Å². The maximum atomic E-state index is 11.8. The first-order valence-corrected chi connectivity index (χ1v) is 8.35. The first kappa shape index (κ1) is 17.1. The summed E-state index contributed by atoms with van der Waals surface area (Å²) >= 11 is 0. The monoisotopic (exact) mass is 345 g/mol. The normalized spacial score (nSPS) is 14.5. The number of fused-ring (bicyclic) bond motifs is 1. The predicted octanol–water partition coefficient (Wildman–Crippen LogP) is 2.53. The molecule has 7 nitrogen and oxygen atoms in total. The molecular weight excluding hydrogens is 322 g/mol. The molecule has 2 heterocycles. The second kappa shape index (κ2) is 7.46. The van der Waals surface area contributed by atoms with Gasteiger partial charge in [-0.05, 0) is 30.5 Å². The number of methoxy groups -OCH3 is 2. The Morgan fingerprint density at radius 1 is 1.12 bits per heavy atom. The van der Waals surface area contributed by atoms with Gasteiger partial charge in [-0.15, -0.1) is 0 Å². The minimum absolute atomic E-state index is 0.251. The Morgan fingerprint density at radius 3 is 2.44 bits per heavy atom. The van der Waals surface area contributed by atoms with E-state index in [4.69, 9.17) is 14.2 Å². The van der Waals surface area contributed by atoms with Gasteiger partial charge in [0, 0.05) is 37.8 Å². The maximum Gasteiger partial charge on any atom is 0.409 e. The second-order valence-electron chi connectivity index (χ2n) is 5.74. The average molecular weight is 345 g/mol. The van der Waals surface area contributed by atoms with Crippen LogP contribution in [0.2, 0.25) is 0 Å². The summed E-state index contributed by atoms with van der Waals surface area (Å²) in [5.74, 6) is 2.26. The first-order chi connectivity index (χ1) is 12.2. The summed E-state index contributed by atoms with van der Waals surface area (Å²) in [6.07, 6.45) is 1.54. The number of anilines is 1. The molecule has 2 aromatic rings. The van der Waals surface area contributed by atoms with Crippen molar-refractivity contribution in [2.24, 2.45) is 0 Å². The van der Waals surface area contributed by atoms with Crippen LogP contribution >= 0.6 is 0 Å². The smallest absolute Gasteiger partial charge is 0.409 e. The molecular formula is C18H23N3O4. The molecule has 1 fully saturated rings. The van der Waals surface area contributed by atoms with E-state index in [1.165, 1.54) is 0 Å². The van der Waals surface area contributed by atoms with Gasteiger partial charge >= 0.3 is 6.09 Å². The number of ether oxygens (including phenoxy) is 3. The third kappa shape index (κ3) is 3.40. The van der Waals surface area contributed by atoms with E-state index >= 15 is 0 Å². The highest BCUT2D eigenvalue weighted by atomic mass is 16.6. The zero-order valence-corrected chi connectivity index (χ0v) is 14.8. The molecule has 134 valence electrons. The molecule has 25 heavy (non-hydrogen) atoms. The minimum atomic E-state index is -0.251. The van der Waals surface area contributed by atoms with Gasteiger partial charge < -0.3 is 24.0 Å². The highest BCUT2D eigenvalue weighted by molar-refractivity contribution is 5.94. The quantitative estimate of drug-likeness (QED) is 0.848. The van der Waals surface area contributed by atoms with Gasteiger partial charge in [-0.1, -0.05) is 0 Å². The summed E-state index contributed by atoms with van der Waals surface area (Å²) < 4.78 is 15.9. The van der Waals surface area contributed by atoms with Crippen molar-refractivity contribution in [1.29, 1.82) is 0 Å². The average Bonchev–Trinajstić information content (AvgIpc) is 2.66. The van der Waals surface area contributed by atoms with Crippen LogP contribution in [0.15, 0.2) is 24.4 Å². The zero-order valence-electron chi connectivity index (χ0n) is 14.8. The fourth-order valence-electron chi connectivity index (χ4n) is 3.05. The van der Waals surface area contributed by atoms with E-state index in [0.717, 1.165) is 16.6 Å². The molecule has 0 radical (unpaired) electrons. The van der Waals surface area contributed by atoms with E-state index in [0.29, 0.717) is 44.3 Å². The van der Waals surface area contributed by atoms with Crippen molar-refractivity contribution in [3.8, 4) is 11.5 Å². The topological polar surface area (TPSA) is 64.1 Å². The van der Waals surface area contributed by atoms with Crippen LogP contribution in [0.5, 0.6) is 11.5 Å². The van der Waals surface area contributed by atoms with Gasteiger partial charge in [-0.3, -0.25) is 0 Å². The lowest BCUT2D eigenvalue weighted by molar-refractivity contribution is 0.105. The zero-order chi connectivity index (χ0) is 17.8. The van der Waals surface area contributed by atoms with Gasteiger partial charge in [-0.25, -0.2) is 9.78 Å². The van der Waals surface area contributed by atoms with Crippen molar-refractivity contribution < 1.29 is 19.0 Å². The molecule has 7 heteroatoms. The molecule has 0 atom stereocenters. The largest absolute Gasteiger partial charge is 0.493 e. The Bertz CT molecular complexity index is 757. The van der Waals surface area contributed by atoms with Crippen molar-refractivity contribution >= 4 is 22.7 Å². The molecule has 1 aromatic heterocycles. The molecule has 1 aromatic carbocycles. The number of aromatic nitrogens is 1. The van der Waals surface area contributed by atoms with Crippen LogP contribution in [-0.2, 0) is 4.74 Å². The minimum Gasteiger partial charge on any atom is -0.493 e. The van der Waals surface area contributed by atoms with Gasteiger partial charge in [0.1, 0.15) is 5.82 Å². The Hall–Kier alpha value is -2.70. The fourth-order valence-corrected chi connectivity index (χ4v) is 3.05. The standard InChI is InChI=1S/C18H23N3O4/c1-4-25-18(22)21-9-7-20(8-10-21)17-14-12-16(24-3)15(23-2)11-13(14)5-6-19-17/h5-6,11-12H,4,7-10H2,1-3H3. The summed E-state index contributed by atoms with van der Waals surface area (Å²) in [7, 11) is 3.25. The Morgan fingerprint density at radius 2 is 1.80 bits per heavy atom. The molecule has 0 bridgehead atoms. The maximum absolute atomic E-state index is 11.8. The molecule has 1 aliphatic heterocycles. The Labute approximate surface area is 147 Å². The van der Waals surface area contributed by atoms with Gasteiger partial charge in [0.2, 0.25) is 0 Å². The van der Waals surface area contributed by atoms with Crippen molar-refractivity contribution in [3.05, 3.63) is 24.4 Å². The number of rotatable bonds is 4. The molecule has 1 aliphatic rings. The third-order valence-electron chi connectivity index (χ3n) is 4.35. The van der Waals surface area contributed by atoms with Crippen molar-refractivity contribution in [1.82, 2.24) is 9.88 Å². The van der Waals surface area contributed by atoms with Crippen LogP contribution in [-0.4, -0.2) is 63.0 Å². The lowest BCUT2D eigenvalue weighted by Crippen LogP contribution is -2.49. The van der Waals surface area contributed by atoms with Gasteiger partial charge in [0.05, 0.1) is 20.8 Å². The van der Waals surface area contributed by atoms with E-state index in [9.17, 15) is 4.79 Å². The van der Waals surface area contributed by atoms with Crippen LogP contribution in [0.25, 0.3) is 10.8 Å². The summed E-state index contributed by atoms with van der Waals surface area (Å²) in [5.41, 5.74) is 0. The van der Waals surface area contributed by atoms with Gasteiger partial charge in [-0.2, -0.15) is 0 Å². The summed E-state index contributed by atoms with van der Waals surface area (Å²) in [6, 6.07) is 5.86. The van der Waals surface area contributed by atoms with Gasteiger partial charge in [0.15, 0.2) is 11.5 Å². The number of carbonyl (C=O) groups excluding carboxylic acids is 1. The summed E-state index contributed by atoms with van der Waals surface area (Å²) in [6.45, 7) is 4.86. The number of piperazine rings is 1. The second-order valence-corrected chi connectivity index (χ2v) is 5.74. The SMILES string of the molecule is CCOC(=O)N1CCN(c2nccc3cc(OC)c(OC)cc23)CC1. The van der Waals surface area contributed by atoms with Crippen LogP contribution in [0, 0.1) is 0 Å². The number of hydrogen-bond donors (Lipinski definition) is 0. The third-order valence-corrected chi connectivity index (χ3v) is 4.35. The number of pyridine rings is 1. The molecule has 1 amide bonds. The van der Waals surface area contributed by atoms with Crippen LogP contribution in [0.3, 0.4) is 0 Å². The van der Waals surface area contributed by atoms with E-state index in [2.05, 4.69) is 9.88 Å². The predicted molar refractivity (Wildman–Crippen MR) is 95.7 cm³/mol. The van der Waals surface area contributed by atoms with Crippen molar-refractivity contribution in [2.75, 3.05) is 51.9 Å². The summed E-state index contributed by atoms with van der Waals surface area (Å²) in [4.78, 5) is 20.3. The Kier molecular flexibility index (Phi) is 5.11. The molecule has 0 spiro atoms. The fraction of sp³-hybridized carbons (Fsp3) is 0.444. The number of benzene rings is 1. The number of carbonyl (C=O) groups is 1. The highest BCUT2D eigenvalue weighted by Crippen LogP contribution is 2.35. The number of nitrogens with zero attached hydrogens (tertiary/aromatic N) is 3. The van der Waals surface area contributed by atoms with E-state index < -0.39 is 0 Å². The number of amides is 1. The molecule has 3 rings (SSSR count). The Balaban J connectivity index is 1.86.